The molecule has 1 aliphatic heterocycles. The van der Waals surface area contributed by atoms with Crippen molar-refractivity contribution in [2.24, 2.45) is 0 Å². The van der Waals surface area contributed by atoms with Crippen molar-refractivity contribution < 1.29 is 9.59 Å². The molecule has 1 atom stereocenters. The molecule has 1 aromatic heterocycles. The summed E-state index contributed by atoms with van der Waals surface area (Å²) in [5.41, 5.74) is 0.418. The summed E-state index contributed by atoms with van der Waals surface area (Å²) in [5, 5.41) is 3.45. The van der Waals surface area contributed by atoms with E-state index in [0.717, 1.165) is 6.42 Å². The van der Waals surface area contributed by atoms with Crippen LogP contribution in [0, 0.1) is 0 Å². The van der Waals surface area contributed by atoms with E-state index in [4.69, 9.17) is 23.2 Å². The molecule has 3 rings (SSSR count). The fourth-order valence-corrected chi connectivity index (χ4v) is 3.02. The minimum Gasteiger partial charge on any atom is -0.327 e. The first kappa shape index (κ1) is 16.7. The van der Waals surface area contributed by atoms with E-state index >= 15 is 0 Å². The summed E-state index contributed by atoms with van der Waals surface area (Å²) in [5.74, 6) is 0.00295. The standard InChI is InChI=1S/C17H15Cl2N3O2/c18-12-7-6-11(10-13(12)19)17(24)22-9-3-4-14(22)16(23)21-15-5-1-2-8-20-15/h1-2,5-8,10,14H,3-4,9H2,(H,20,21,23). The van der Waals surface area contributed by atoms with Gasteiger partial charge in [-0.2, -0.15) is 0 Å². The molecule has 0 bridgehead atoms. The van der Waals surface area contributed by atoms with Gasteiger partial charge in [0.1, 0.15) is 11.9 Å². The van der Waals surface area contributed by atoms with Gasteiger partial charge in [0, 0.05) is 18.3 Å². The Bertz CT molecular complexity index is 768. The molecule has 0 spiro atoms. The maximum Gasteiger partial charge on any atom is 0.254 e. The van der Waals surface area contributed by atoms with Crippen LogP contribution in [0.2, 0.25) is 10.0 Å². The predicted octanol–water partition coefficient (Wildman–Crippen LogP) is 3.63. The normalized spacial score (nSPS) is 16.9. The average molecular weight is 364 g/mol. The molecule has 1 saturated heterocycles. The fourth-order valence-electron chi connectivity index (χ4n) is 2.72. The Kier molecular flexibility index (Phi) is 5.02. The molecule has 2 heterocycles. The van der Waals surface area contributed by atoms with Gasteiger partial charge in [0.15, 0.2) is 0 Å². The molecule has 1 fully saturated rings. The first-order chi connectivity index (χ1) is 11.6. The van der Waals surface area contributed by atoms with E-state index < -0.39 is 6.04 Å². The van der Waals surface area contributed by atoms with Gasteiger partial charge in [-0.15, -0.1) is 0 Å². The number of aromatic nitrogens is 1. The Balaban J connectivity index is 1.76. The van der Waals surface area contributed by atoms with E-state index in [1.54, 1.807) is 41.4 Å². The van der Waals surface area contributed by atoms with Crippen molar-refractivity contribution in [3.63, 3.8) is 0 Å². The van der Waals surface area contributed by atoms with Crippen molar-refractivity contribution in [1.82, 2.24) is 9.88 Å². The van der Waals surface area contributed by atoms with Crippen LogP contribution in [-0.2, 0) is 4.79 Å². The molecule has 0 aliphatic carbocycles. The number of hydrogen-bond donors (Lipinski definition) is 1. The van der Waals surface area contributed by atoms with Gasteiger partial charge in [0.05, 0.1) is 10.0 Å². The van der Waals surface area contributed by atoms with Crippen LogP contribution in [0.4, 0.5) is 5.82 Å². The topological polar surface area (TPSA) is 62.3 Å². The van der Waals surface area contributed by atoms with Crippen LogP contribution in [0.15, 0.2) is 42.6 Å². The number of likely N-dealkylation sites (tertiary alicyclic amines) is 1. The molecule has 0 radical (unpaired) electrons. The summed E-state index contributed by atoms with van der Waals surface area (Å²) < 4.78 is 0. The van der Waals surface area contributed by atoms with Gasteiger partial charge in [-0.1, -0.05) is 29.3 Å². The average Bonchev–Trinajstić information content (AvgIpc) is 3.07. The second-order valence-electron chi connectivity index (χ2n) is 5.49. The van der Waals surface area contributed by atoms with Crippen molar-refractivity contribution >= 4 is 40.8 Å². The number of nitrogens with zero attached hydrogens (tertiary/aromatic N) is 2. The van der Waals surface area contributed by atoms with Crippen molar-refractivity contribution in [1.29, 1.82) is 0 Å². The highest BCUT2D eigenvalue weighted by atomic mass is 35.5. The third-order valence-corrected chi connectivity index (χ3v) is 4.64. The Morgan fingerprint density at radius 2 is 2.00 bits per heavy atom. The quantitative estimate of drug-likeness (QED) is 0.905. The highest BCUT2D eigenvalue weighted by molar-refractivity contribution is 6.42. The Morgan fingerprint density at radius 1 is 1.17 bits per heavy atom. The summed E-state index contributed by atoms with van der Waals surface area (Å²) in [6, 6.07) is 9.46. The van der Waals surface area contributed by atoms with E-state index in [2.05, 4.69) is 10.3 Å². The molecule has 0 saturated carbocycles. The predicted molar refractivity (Wildman–Crippen MR) is 93.4 cm³/mol. The summed E-state index contributed by atoms with van der Waals surface area (Å²) >= 11 is 11.9. The second kappa shape index (κ2) is 7.20. The van der Waals surface area contributed by atoms with Crippen molar-refractivity contribution in [3.05, 3.63) is 58.2 Å². The number of amides is 2. The number of carbonyl (C=O) groups is 2. The molecule has 24 heavy (non-hydrogen) atoms. The van der Waals surface area contributed by atoms with Crippen LogP contribution in [0.3, 0.4) is 0 Å². The summed E-state index contributed by atoms with van der Waals surface area (Å²) in [7, 11) is 0. The van der Waals surface area contributed by atoms with E-state index in [1.807, 2.05) is 0 Å². The van der Waals surface area contributed by atoms with Gasteiger partial charge in [-0.25, -0.2) is 4.98 Å². The molecular formula is C17H15Cl2N3O2. The Labute approximate surface area is 149 Å². The molecule has 1 N–H and O–H groups in total. The number of carbonyl (C=O) groups excluding carboxylic acids is 2. The third kappa shape index (κ3) is 3.52. The molecule has 1 unspecified atom stereocenters. The van der Waals surface area contributed by atoms with Crippen LogP contribution in [0.25, 0.3) is 0 Å². The smallest absolute Gasteiger partial charge is 0.254 e. The van der Waals surface area contributed by atoms with E-state index in [1.165, 1.54) is 6.07 Å². The largest absolute Gasteiger partial charge is 0.327 e. The van der Waals surface area contributed by atoms with Gasteiger partial charge in [0.2, 0.25) is 5.91 Å². The van der Waals surface area contributed by atoms with Crippen molar-refractivity contribution in [2.75, 3.05) is 11.9 Å². The fraction of sp³-hybridized carbons (Fsp3) is 0.235. The van der Waals surface area contributed by atoms with Gasteiger partial charge >= 0.3 is 0 Å². The maximum atomic E-state index is 12.7. The summed E-state index contributed by atoms with van der Waals surface area (Å²) in [6.45, 7) is 0.527. The van der Waals surface area contributed by atoms with Crippen molar-refractivity contribution in [2.45, 2.75) is 18.9 Å². The lowest BCUT2D eigenvalue weighted by Crippen LogP contribution is -2.43. The van der Waals surface area contributed by atoms with Crippen LogP contribution < -0.4 is 5.32 Å². The first-order valence-corrected chi connectivity index (χ1v) is 8.30. The first-order valence-electron chi connectivity index (χ1n) is 7.54. The maximum absolute atomic E-state index is 12.7. The highest BCUT2D eigenvalue weighted by Gasteiger charge is 2.34. The third-order valence-electron chi connectivity index (χ3n) is 3.90. The Morgan fingerprint density at radius 3 is 2.71 bits per heavy atom. The monoisotopic (exact) mass is 363 g/mol. The number of pyridine rings is 1. The zero-order valence-electron chi connectivity index (χ0n) is 12.7. The molecule has 7 heteroatoms. The van der Waals surface area contributed by atoms with Crippen LogP contribution in [0.1, 0.15) is 23.2 Å². The lowest BCUT2D eigenvalue weighted by molar-refractivity contribution is -0.119. The minimum atomic E-state index is -0.519. The van der Waals surface area contributed by atoms with Crippen LogP contribution in [-0.4, -0.2) is 34.3 Å². The van der Waals surface area contributed by atoms with Gasteiger partial charge in [-0.05, 0) is 43.2 Å². The molecule has 2 aromatic rings. The SMILES string of the molecule is O=C(Nc1ccccn1)C1CCCN1C(=O)c1ccc(Cl)c(Cl)c1. The van der Waals surface area contributed by atoms with Crippen molar-refractivity contribution in [3.8, 4) is 0 Å². The molecule has 124 valence electrons. The number of rotatable bonds is 3. The summed E-state index contributed by atoms with van der Waals surface area (Å²) in [4.78, 5) is 30.8. The lowest BCUT2D eigenvalue weighted by atomic mass is 10.1. The summed E-state index contributed by atoms with van der Waals surface area (Å²) in [6.07, 6.45) is 2.99. The molecule has 5 nitrogen and oxygen atoms in total. The van der Waals surface area contributed by atoms with E-state index in [0.29, 0.717) is 34.4 Å². The van der Waals surface area contributed by atoms with Gasteiger partial charge in [-0.3, -0.25) is 9.59 Å². The van der Waals surface area contributed by atoms with E-state index in [-0.39, 0.29) is 11.8 Å². The molecule has 2 amide bonds. The lowest BCUT2D eigenvalue weighted by Gasteiger charge is -2.24. The number of halogens is 2. The number of benzene rings is 1. The van der Waals surface area contributed by atoms with Crippen LogP contribution >= 0.6 is 23.2 Å². The zero-order valence-corrected chi connectivity index (χ0v) is 14.2. The second-order valence-corrected chi connectivity index (χ2v) is 6.30. The molecule has 1 aromatic carbocycles. The van der Waals surface area contributed by atoms with E-state index in [9.17, 15) is 9.59 Å². The number of hydrogen-bond acceptors (Lipinski definition) is 3. The Hall–Kier alpha value is -2.11. The molecule has 1 aliphatic rings. The van der Waals surface area contributed by atoms with Crippen LogP contribution in [0.5, 0.6) is 0 Å². The minimum absolute atomic E-state index is 0.229. The zero-order chi connectivity index (χ0) is 17.1. The highest BCUT2D eigenvalue weighted by Crippen LogP contribution is 2.26. The molecular weight excluding hydrogens is 349 g/mol. The van der Waals surface area contributed by atoms with Gasteiger partial charge < -0.3 is 10.2 Å². The number of nitrogens with one attached hydrogen (secondary N) is 1. The van der Waals surface area contributed by atoms with Gasteiger partial charge in [0.25, 0.3) is 5.91 Å². The number of anilines is 1.